The number of halogens is 1. The molecule has 0 aliphatic rings. The van der Waals surface area contributed by atoms with E-state index in [1.165, 1.54) is 23.1 Å². The lowest BCUT2D eigenvalue weighted by Crippen LogP contribution is -2.37. The smallest absolute Gasteiger partial charge is 0.257 e. The van der Waals surface area contributed by atoms with E-state index in [2.05, 4.69) is 10.6 Å². The van der Waals surface area contributed by atoms with Gasteiger partial charge in [0, 0.05) is 19.7 Å². The molecule has 0 heterocycles. The highest BCUT2D eigenvalue weighted by Gasteiger charge is 2.26. The molecular weight excluding hydrogens is 389 g/mol. The minimum absolute atomic E-state index is 0.0128. The van der Waals surface area contributed by atoms with Gasteiger partial charge in [0.2, 0.25) is 0 Å². The van der Waals surface area contributed by atoms with Crippen LogP contribution in [0.3, 0.4) is 0 Å². The number of phenols is 1. The van der Waals surface area contributed by atoms with Crippen LogP contribution in [0.4, 0.5) is 21.5 Å². The molecule has 1 amide bonds. The van der Waals surface area contributed by atoms with Crippen molar-refractivity contribution in [3.63, 3.8) is 0 Å². The normalized spacial score (nSPS) is 11.9. The van der Waals surface area contributed by atoms with Crippen LogP contribution in [0, 0.1) is 5.82 Å². The number of carbonyl (C=O) groups is 1. The molecule has 3 aromatic carbocycles. The zero-order chi connectivity index (χ0) is 22.0. The number of hydrogen-bond donors (Lipinski definition) is 3. The fraction of sp³-hybridized carbons (Fsp3) is 0.227. The Balaban J connectivity index is 1.92. The molecule has 0 aromatic heterocycles. The molecule has 0 aliphatic heterocycles. The minimum Gasteiger partial charge on any atom is -0.505 e. The molecule has 30 heavy (non-hydrogen) atoms. The Kier molecular flexibility index (Phi) is 5.86. The number of benzene rings is 2. The van der Waals surface area contributed by atoms with Crippen molar-refractivity contribution in [2.45, 2.75) is 19.4 Å². The Morgan fingerprint density at radius 2 is 1.73 bits per heavy atom. The topological polar surface area (TPSA) is 98.7 Å². The van der Waals surface area contributed by atoms with Crippen molar-refractivity contribution in [2.75, 3.05) is 24.7 Å². The molecule has 0 bridgehead atoms. The summed E-state index contributed by atoms with van der Waals surface area (Å²) >= 11 is 0. The highest BCUT2D eigenvalue weighted by atomic mass is 19.1. The first-order chi connectivity index (χ1) is 14.3. The third-order valence-electron chi connectivity index (χ3n) is 4.85. The van der Waals surface area contributed by atoms with E-state index in [1.54, 1.807) is 38.4 Å². The van der Waals surface area contributed by atoms with Gasteiger partial charge >= 0.3 is 0 Å². The zero-order valence-electron chi connectivity index (χ0n) is 16.8. The highest BCUT2D eigenvalue weighted by molar-refractivity contribution is 5.99. The predicted octanol–water partition coefficient (Wildman–Crippen LogP) is 3.14. The van der Waals surface area contributed by atoms with Gasteiger partial charge in [-0.2, -0.15) is 0 Å². The summed E-state index contributed by atoms with van der Waals surface area (Å²) in [5.74, 6) is -1.17. The van der Waals surface area contributed by atoms with E-state index in [4.69, 9.17) is 0 Å². The molecule has 1 unspecified atom stereocenters. The molecule has 3 aromatic rings. The summed E-state index contributed by atoms with van der Waals surface area (Å²) in [6, 6.07) is 10.2. The van der Waals surface area contributed by atoms with Crippen molar-refractivity contribution in [3.05, 3.63) is 79.9 Å². The number of aromatic hydroxyl groups is 1. The molecule has 0 saturated carbocycles. The van der Waals surface area contributed by atoms with E-state index in [9.17, 15) is 23.9 Å². The summed E-state index contributed by atoms with van der Waals surface area (Å²) in [5.41, 5.74) is -0.983. The third-order valence-corrected chi connectivity index (χ3v) is 4.85. The van der Waals surface area contributed by atoms with Gasteiger partial charge in [0.05, 0.1) is 17.3 Å². The fourth-order valence-corrected chi connectivity index (χ4v) is 3.17. The summed E-state index contributed by atoms with van der Waals surface area (Å²) in [6.07, 6.45) is 0.469. The van der Waals surface area contributed by atoms with Gasteiger partial charge in [-0.15, -0.1) is 0 Å². The largest absolute Gasteiger partial charge is 0.505 e. The maximum atomic E-state index is 14.2. The highest BCUT2D eigenvalue weighted by Crippen LogP contribution is 2.33. The summed E-state index contributed by atoms with van der Waals surface area (Å²) < 4.78 is 14.2. The minimum atomic E-state index is -0.760. The van der Waals surface area contributed by atoms with Crippen molar-refractivity contribution in [1.29, 1.82) is 0 Å². The van der Waals surface area contributed by atoms with Gasteiger partial charge in [-0.1, -0.05) is 31.2 Å². The van der Waals surface area contributed by atoms with E-state index >= 15 is 0 Å². The average Bonchev–Trinajstić information content (AvgIpc) is 2.74. The molecule has 0 fully saturated rings. The number of rotatable bonds is 7. The number of para-hydroxylation sites is 1. The van der Waals surface area contributed by atoms with Crippen LogP contribution in [0.1, 0.15) is 35.3 Å². The second-order valence-corrected chi connectivity index (χ2v) is 7.06. The lowest BCUT2D eigenvalue weighted by Gasteiger charge is -2.23. The standard InChI is InChI=1S/C22H22FN3O4/c1-4-15(12-8-5-6-10-14(12)23)24-17-18(21(29)20(17)28)25-16-11-7-9-13(19(16)27)22(30)26(2)3/h5-11,15,24-25,27H,4H2,1-3H3. The van der Waals surface area contributed by atoms with Crippen molar-refractivity contribution < 1.29 is 14.3 Å². The Morgan fingerprint density at radius 3 is 2.37 bits per heavy atom. The molecule has 156 valence electrons. The van der Waals surface area contributed by atoms with Crippen LogP contribution in [-0.2, 0) is 0 Å². The van der Waals surface area contributed by atoms with E-state index in [-0.39, 0.29) is 28.4 Å². The Morgan fingerprint density at radius 1 is 1.07 bits per heavy atom. The van der Waals surface area contributed by atoms with Crippen LogP contribution < -0.4 is 21.5 Å². The van der Waals surface area contributed by atoms with Crippen LogP contribution in [0.5, 0.6) is 5.75 Å². The third kappa shape index (κ3) is 3.76. The van der Waals surface area contributed by atoms with Crippen LogP contribution >= 0.6 is 0 Å². The number of nitrogens with zero attached hydrogens (tertiary/aromatic N) is 1. The predicted molar refractivity (Wildman–Crippen MR) is 114 cm³/mol. The molecule has 0 spiro atoms. The summed E-state index contributed by atoms with van der Waals surface area (Å²) in [7, 11) is 3.10. The van der Waals surface area contributed by atoms with Crippen molar-refractivity contribution in [2.24, 2.45) is 0 Å². The monoisotopic (exact) mass is 411 g/mol. The van der Waals surface area contributed by atoms with Crippen molar-refractivity contribution >= 4 is 23.0 Å². The van der Waals surface area contributed by atoms with Gasteiger partial charge in [0.1, 0.15) is 17.2 Å². The summed E-state index contributed by atoms with van der Waals surface area (Å²) in [5, 5.41) is 16.1. The van der Waals surface area contributed by atoms with Crippen LogP contribution in [-0.4, -0.2) is 30.0 Å². The van der Waals surface area contributed by atoms with Gasteiger partial charge in [0.25, 0.3) is 16.8 Å². The second-order valence-electron chi connectivity index (χ2n) is 7.06. The van der Waals surface area contributed by atoms with E-state index < -0.39 is 28.6 Å². The second kappa shape index (κ2) is 8.36. The molecule has 8 heteroatoms. The molecule has 0 radical (unpaired) electrons. The van der Waals surface area contributed by atoms with E-state index in [0.29, 0.717) is 12.0 Å². The molecule has 0 aliphatic carbocycles. The van der Waals surface area contributed by atoms with E-state index in [1.807, 2.05) is 6.92 Å². The SMILES string of the molecule is CCC(Nc1c(Nc2cccc(C(=O)N(C)C)c2O)c(=O)c1=O)c1ccccc1F. The first-order valence-corrected chi connectivity index (χ1v) is 9.41. The number of carbonyl (C=O) groups excluding carboxylic acids is 1. The first kappa shape index (κ1) is 21.0. The van der Waals surface area contributed by atoms with Gasteiger partial charge < -0.3 is 20.6 Å². The van der Waals surface area contributed by atoms with Crippen molar-refractivity contribution in [3.8, 4) is 5.75 Å². The Labute approximate surface area is 172 Å². The maximum Gasteiger partial charge on any atom is 0.257 e. The zero-order valence-corrected chi connectivity index (χ0v) is 16.8. The molecule has 1 atom stereocenters. The van der Waals surface area contributed by atoms with Crippen LogP contribution in [0.25, 0.3) is 0 Å². The van der Waals surface area contributed by atoms with E-state index in [0.717, 1.165) is 0 Å². The van der Waals surface area contributed by atoms with Gasteiger partial charge in [0.15, 0.2) is 5.75 Å². The molecule has 0 saturated heterocycles. The van der Waals surface area contributed by atoms with Crippen molar-refractivity contribution in [1.82, 2.24) is 4.90 Å². The number of amides is 1. The molecular formula is C22H22FN3O4. The molecule has 3 rings (SSSR count). The fourth-order valence-electron chi connectivity index (χ4n) is 3.17. The lowest BCUT2D eigenvalue weighted by atomic mass is 10.0. The average molecular weight is 411 g/mol. The van der Waals surface area contributed by atoms with Crippen LogP contribution in [0.15, 0.2) is 52.1 Å². The summed E-state index contributed by atoms with van der Waals surface area (Å²) in [6.45, 7) is 1.82. The Bertz CT molecular complexity index is 1170. The quantitative estimate of drug-likeness (QED) is 0.408. The molecule has 7 nitrogen and oxygen atoms in total. The number of phenolic OH excluding ortho intramolecular Hbond substituents is 1. The van der Waals surface area contributed by atoms with Crippen LogP contribution in [0.2, 0.25) is 0 Å². The molecule has 3 N–H and O–H groups in total. The summed E-state index contributed by atoms with van der Waals surface area (Å²) in [4.78, 5) is 37.8. The number of nitrogens with one attached hydrogen (secondary N) is 2. The number of anilines is 3. The number of hydrogen-bond acceptors (Lipinski definition) is 6. The van der Waals surface area contributed by atoms with Gasteiger partial charge in [-0.25, -0.2) is 4.39 Å². The Hall–Kier alpha value is -3.68. The first-order valence-electron chi connectivity index (χ1n) is 9.41. The van der Waals surface area contributed by atoms with Gasteiger partial charge in [-0.3, -0.25) is 14.4 Å². The lowest BCUT2D eigenvalue weighted by molar-refractivity contribution is 0.0824. The van der Waals surface area contributed by atoms with Gasteiger partial charge in [-0.05, 0) is 24.6 Å². The maximum absolute atomic E-state index is 14.2.